The Hall–Kier alpha value is -4.06. The molecule has 0 heterocycles. The lowest BCUT2D eigenvalue weighted by atomic mass is 10.0. The van der Waals surface area contributed by atoms with E-state index in [0.717, 1.165) is 17.7 Å². The number of rotatable bonds is 12. The van der Waals surface area contributed by atoms with Crippen LogP contribution in [0, 0.1) is 0 Å². The van der Waals surface area contributed by atoms with Crippen molar-refractivity contribution >= 4 is 50.7 Å². The molecule has 1 N–H and O–H groups in total. The van der Waals surface area contributed by atoms with E-state index in [0.29, 0.717) is 21.0 Å². The first-order chi connectivity index (χ1) is 21.8. The molecule has 0 saturated heterocycles. The van der Waals surface area contributed by atoms with Crippen LogP contribution in [0.4, 0.5) is 18.9 Å². The van der Waals surface area contributed by atoms with Gasteiger partial charge in [0.25, 0.3) is 10.0 Å². The van der Waals surface area contributed by atoms with Crippen molar-refractivity contribution in [2.24, 2.45) is 0 Å². The Morgan fingerprint density at radius 3 is 2.07 bits per heavy atom. The standard InChI is InChI=1S/C33H30Cl2F3N3O4S/c1-2-39-32(43)30(19-23-11-5-3-6-12-23)40(21-24-13-9-10-16-28(24)34)31(42)22-41(46(44,45)26-14-7-4-8-15-26)25-17-18-29(35)27(20-25)33(36,37)38/h3-18,20,30H,2,19,21-22H2,1H3,(H,39,43)/t30-/m0/s1. The minimum absolute atomic E-state index is 0.0630. The Balaban J connectivity index is 1.86. The van der Waals surface area contributed by atoms with Crippen molar-refractivity contribution < 1.29 is 31.2 Å². The van der Waals surface area contributed by atoms with Crippen LogP contribution in [0.25, 0.3) is 0 Å². The van der Waals surface area contributed by atoms with Crippen molar-refractivity contribution in [3.63, 3.8) is 0 Å². The zero-order chi connectivity index (χ0) is 33.5. The second-order valence-electron chi connectivity index (χ2n) is 10.2. The third-order valence-corrected chi connectivity index (χ3v) is 9.56. The number of halogens is 5. The minimum Gasteiger partial charge on any atom is -0.355 e. The summed E-state index contributed by atoms with van der Waals surface area (Å²) in [5, 5.41) is 2.40. The van der Waals surface area contributed by atoms with Crippen LogP contribution in [0.5, 0.6) is 0 Å². The molecule has 0 radical (unpaired) electrons. The number of carbonyl (C=O) groups is 2. The number of hydrogen-bond donors (Lipinski definition) is 1. The molecule has 4 rings (SSSR count). The number of amides is 2. The molecule has 7 nitrogen and oxygen atoms in total. The van der Waals surface area contributed by atoms with Gasteiger partial charge in [-0.25, -0.2) is 8.42 Å². The zero-order valence-corrected chi connectivity index (χ0v) is 26.9. The zero-order valence-electron chi connectivity index (χ0n) is 24.5. The number of anilines is 1. The van der Waals surface area contributed by atoms with Gasteiger partial charge in [-0.05, 0) is 54.4 Å². The van der Waals surface area contributed by atoms with E-state index in [1.54, 1.807) is 67.6 Å². The highest BCUT2D eigenvalue weighted by Crippen LogP contribution is 2.38. The fourth-order valence-electron chi connectivity index (χ4n) is 4.79. The molecule has 13 heteroatoms. The van der Waals surface area contributed by atoms with Crippen LogP contribution < -0.4 is 9.62 Å². The van der Waals surface area contributed by atoms with Crippen molar-refractivity contribution in [1.82, 2.24) is 10.2 Å². The van der Waals surface area contributed by atoms with Gasteiger partial charge in [0.1, 0.15) is 12.6 Å². The summed E-state index contributed by atoms with van der Waals surface area (Å²) < 4.78 is 70.2. The smallest absolute Gasteiger partial charge is 0.355 e. The fraction of sp³-hybridized carbons (Fsp3) is 0.212. The van der Waals surface area contributed by atoms with E-state index in [-0.39, 0.29) is 24.4 Å². The first-order valence-electron chi connectivity index (χ1n) is 14.1. The maximum atomic E-state index is 14.4. The minimum atomic E-state index is -4.91. The summed E-state index contributed by atoms with van der Waals surface area (Å²) in [5.41, 5.74) is -0.519. The topological polar surface area (TPSA) is 86.8 Å². The fourth-order valence-corrected chi connectivity index (χ4v) is 6.64. The SMILES string of the molecule is CCNC(=O)[C@H](Cc1ccccc1)N(Cc1ccccc1Cl)C(=O)CN(c1ccc(Cl)c(C(F)(F)F)c1)S(=O)(=O)c1ccccc1. The monoisotopic (exact) mass is 691 g/mol. The average molecular weight is 693 g/mol. The van der Waals surface area contributed by atoms with Gasteiger partial charge in [-0.1, -0.05) is 89.9 Å². The second kappa shape index (κ2) is 15.0. The van der Waals surface area contributed by atoms with Gasteiger partial charge in [-0.15, -0.1) is 0 Å². The third-order valence-electron chi connectivity index (χ3n) is 7.07. The highest BCUT2D eigenvalue weighted by molar-refractivity contribution is 7.92. The Bertz CT molecular complexity index is 1780. The normalized spacial score (nSPS) is 12.3. The van der Waals surface area contributed by atoms with Gasteiger partial charge in [-0.2, -0.15) is 13.2 Å². The molecule has 0 spiro atoms. The van der Waals surface area contributed by atoms with Gasteiger partial charge in [0.2, 0.25) is 11.8 Å². The van der Waals surface area contributed by atoms with Crippen LogP contribution in [-0.4, -0.2) is 44.3 Å². The summed E-state index contributed by atoms with van der Waals surface area (Å²) in [6, 6.07) is 24.0. The van der Waals surface area contributed by atoms with Crippen LogP contribution in [0.3, 0.4) is 0 Å². The van der Waals surface area contributed by atoms with Gasteiger partial charge >= 0.3 is 6.18 Å². The average Bonchev–Trinajstić information content (AvgIpc) is 3.03. The Labute approximate surface area is 275 Å². The second-order valence-corrected chi connectivity index (χ2v) is 12.9. The van der Waals surface area contributed by atoms with E-state index < -0.39 is 56.9 Å². The van der Waals surface area contributed by atoms with Crippen LogP contribution in [0.2, 0.25) is 10.0 Å². The van der Waals surface area contributed by atoms with Crippen LogP contribution in [0.15, 0.2) is 108 Å². The number of likely N-dealkylation sites (N-methyl/N-ethyl adjacent to an activating group) is 1. The Kier molecular flexibility index (Phi) is 11.4. The number of carbonyl (C=O) groups excluding carboxylic acids is 2. The molecule has 46 heavy (non-hydrogen) atoms. The van der Waals surface area contributed by atoms with E-state index in [2.05, 4.69) is 5.32 Å². The molecule has 2 amide bonds. The first kappa shape index (κ1) is 34.8. The first-order valence-corrected chi connectivity index (χ1v) is 16.3. The lowest BCUT2D eigenvalue weighted by Crippen LogP contribution is -2.53. The predicted molar refractivity (Wildman–Crippen MR) is 172 cm³/mol. The third kappa shape index (κ3) is 8.39. The molecule has 0 unspecified atom stereocenters. The van der Waals surface area contributed by atoms with E-state index in [1.807, 2.05) is 0 Å². The molecule has 0 fully saturated rings. The molecule has 0 aliphatic rings. The van der Waals surface area contributed by atoms with E-state index in [4.69, 9.17) is 23.2 Å². The van der Waals surface area contributed by atoms with Gasteiger partial charge in [-0.3, -0.25) is 13.9 Å². The molecule has 4 aromatic rings. The number of alkyl halides is 3. The molecule has 4 aromatic carbocycles. The number of benzene rings is 4. The molecule has 0 saturated carbocycles. The molecule has 0 bridgehead atoms. The van der Waals surface area contributed by atoms with Crippen LogP contribution in [-0.2, 0) is 38.8 Å². The van der Waals surface area contributed by atoms with E-state index in [9.17, 15) is 31.2 Å². The van der Waals surface area contributed by atoms with Gasteiger partial charge < -0.3 is 10.2 Å². The summed E-state index contributed by atoms with van der Waals surface area (Å²) in [7, 11) is -4.61. The lowest BCUT2D eigenvalue weighted by molar-refractivity contribution is -0.140. The van der Waals surface area contributed by atoms with Crippen molar-refractivity contribution in [2.45, 2.75) is 37.0 Å². The molecular formula is C33H30Cl2F3N3O4S. The number of sulfonamides is 1. The summed E-state index contributed by atoms with van der Waals surface area (Å²) in [6.45, 7) is 0.828. The Morgan fingerprint density at radius 1 is 0.848 bits per heavy atom. The van der Waals surface area contributed by atoms with Crippen LogP contribution >= 0.6 is 23.2 Å². The van der Waals surface area contributed by atoms with Gasteiger partial charge in [0.05, 0.1) is 21.2 Å². The van der Waals surface area contributed by atoms with Crippen LogP contribution in [0.1, 0.15) is 23.6 Å². The lowest BCUT2D eigenvalue weighted by Gasteiger charge is -2.34. The highest BCUT2D eigenvalue weighted by Gasteiger charge is 2.37. The summed E-state index contributed by atoms with van der Waals surface area (Å²) >= 11 is 12.3. The largest absolute Gasteiger partial charge is 0.417 e. The summed E-state index contributed by atoms with van der Waals surface area (Å²) in [4.78, 5) is 28.8. The molecule has 0 aromatic heterocycles. The van der Waals surface area contributed by atoms with Crippen molar-refractivity contribution in [3.05, 3.63) is 130 Å². The van der Waals surface area contributed by atoms with Crippen molar-refractivity contribution in [3.8, 4) is 0 Å². The summed E-state index contributed by atoms with van der Waals surface area (Å²) in [6.07, 6.45) is -4.85. The molecule has 0 aliphatic heterocycles. The Morgan fingerprint density at radius 2 is 1.46 bits per heavy atom. The van der Waals surface area contributed by atoms with E-state index in [1.165, 1.54) is 29.2 Å². The molecule has 242 valence electrons. The predicted octanol–water partition coefficient (Wildman–Crippen LogP) is 6.98. The van der Waals surface area contributed by atoms with E-state index >= 15 is 0 Å². The van der Waals surface area contributed by atoms with Crippen molar-refractivity contribution in [1.29, 1.82) is 0 Å². The van der Waals surface area contributed by atoms with Gasteiger partial charge in [0, 0.05) is 24.5 Å². The number of nitrogens with one attached hydrogen (secondary N) is 1. The molecular weight excluding hydrogens is 662 g/mol. The number of hydrogen-bond acceptors (Lipinski definition) is 4. The maximum absolute atomic E-state index is 14.4. The summed E-state index contributed by atoms with van der Waals surface area (Å²) in [5.74, 6) is -1.36. The molecule has 1 atom stereocenters. The highest BCUT2D eigenvalue weighted by atomic mass is 35.5. The van der Waals surface area contributed by atoms with Crippen molar-refractivity contribution in [2.75, 3.05) is 17.4 Å². The molecule has 0 aliphatic carbocycles. The maximum Gasteiger partial charge on any atom is 0.417 e. The quantitative estimate of drug-likeness (QED) is 0.174. The number of nitrogens with zero attached hydrogens (tertiary/aromatic N) is 2. The van der Waals surface area contributed by atoms with Gasteiger partial charge in [0.15, 0.2) is 0 Å².